The zero-order chi connectivity index (χ0) is 21.3. The normalized spacial score (nSPS) is 18.8. The van der Waals surface area contributed by atoms with Crippen LogP contribution in [0.5, 0.6) is 11.8 Å². The van der Waals surface area contributed by atoms with Crippen LogP contribution >= 0.6 is 11.6 Å². The van der Waals surface area contributed by atoms with E-state index in [0.717, 1.165) is 37.8 Å². The highest BCUT2D eigenvalue weighted by Gasteiger charge is 2.28. The zero-order valence-electron chi connectivity index (χ0n) is 16.8. The van der Waals surface area contributed by atoms with E-state index < -0.39 is 14.8 Å². The molecule has 0 radical (unpaired) electrons. The summed E-state index contributed by atoms with van der Waals surface area (Å²) in [5.74, 6) is -0.0307. The molecule has 1 amide bonds. The first-order valence-electron chi connectivity index (χ1n) is 10.1. The van der Waals surface area contributed by atoms with Crippen LogP contribution in [-0.2, 0) is 4.79 Å². The van der Waals surface area contributed by atoms with Crippen molar-refractivity contribution in [1.82, 2.24) is 20.5 Å². The van der Waals surface area contributed by atoms with Crippen LogP contribution < -0.4 is 19.8 Å². The minimum Gasteiger partial charge on any atom is -0.484 e. The number of rotatable bonds is 10. The molecule has 0 aliphatic carbocycles. The fourth-order valence-corrected chi connectivity index (χ4v) is 5.52. The first-order valence-corrected chi connectivity index (χ1v) is 12.7. The Morgan fingerprint density at radius 1 is 1.40 bits per heavy atom. The van der Waals surface area contributed by atoms with Crippen LogP contribution in [-0.4, -0.2) is 44.4 Å². The van der Waals surface area contributed by atoms with Crippen molar-refractivity contribution in [2.75, 3.05) is 19.4 Å². The van der Waals surface area contributed by atoms with Gasteiger partial charge >= 0.3 is 6.08 Å². The van der Waals surface area contributed by atoms with E-state index in [9.17, 15) is 9.18 Å². The van der Waals surface area contributed by atoms with Gasteiger partial charge in [0.1, 0.15) is 11.6 Å². The maximum atomic E-state index is 13.4. The molecule has 0 saturated carbocycles. The van der Waals surface area contributed by atoms with Gasteiger partial charge < -0.3 is 24.2 Å². The van der Waals surface area contributed by atoms with Crippen LogP contribution in [0.4, 0.5) is 4.39 Å². The van der Waals surface area contributed by atoms with Gasteiger partial charge in [-0.1, -0.05) is 36.5 Å². The molecular formula is C19H26ClFN4O4Si. The predicted molar refractivity (Wildman–Crippen MR) is 112 cm³/mol. The van der Waals surface area contributed by atoms with Crippen LogP contribution in [0.25, 0.3) is 0 Å². The van der Waals surface area contributed by atoms with Crippen molar-refractivity contribution in [1.29, 1.82) is 0 Å². The SMILES string of the molecule is CCCCCOc1nnc([C@H]2CC[Si@H](NC(=O)COc3ccc(Cl)c(F)c3)CN2)o1. The number of hydrogen-bond donors (Lipinski definition) is 2. The predicted octanol–water partition coefficient (Wildman–Crippen LogP) is 2.92. The average Bonchev–Trinajstić information content (AvgIpc) is 3.21. The van der Waals surface area contributed by atoms with Gasteiger partial charge in [0.05, 0.1) is 17.7 Å². The molecule has 1 fully saturated rings. The largest absolute Gasteiger partial charge is 0.484 e. The van der Waals surface area contributed by atoms with E-state index in [4.69, 9.17) is 25.5 Å². The highest BCUT2D eigenvalue weighted by molar-refractivity contribution is 6.59. The minimum absolute atomic E-state index is 0.0125. The van der Waals surface area contributed by atoms with Crippen molar-refractivity contribution in [3.63, 3.8) is 0 Å². The maximum absolute atomic E-state index is 13.4. The van der Waals surface area contributed by atoms with Gasteiger partial charge in [0.15, 0.2) is 15.6 Å². The first kappa shape index (κ1) is 22.5. The molecule has 2 N–H and O–H groups in total. The van der Waals surface area contributed by atoms with Crippen LogP contribution in [0, 0.1) is 5.82 Å². The van der Waals surface area contributed by atoms with Gasteiger partial charge in [-0.05, 0) is 31.0 Å². The zero-order valence-corrected chi connectivity index (χ0v) is 18.7. The summed E-state index contributed by atoms with van der Waals surface area (Å²) >= 11 is 5.63. The minimum atomic E-state index is -1.52. The smallest absolute Gasteiger partial charge is 0.414 e. The highest BCUT2D eigenvalue weighted by atomic mass is 35.5. The summed E-state index contributed by atoms with van der Waals surface area (Å²) in [5, 5.41) is 11.4. The van der Waals surface area contributed by atoms with Crippen LogP contribution in [0.1, 0.15) is 44.5 Å². The summed E-state index contributed by atoms with van der Waals surface area (Å²) < 4.78 is 29.8. The number of ether oxygens (including phenoxy) is 2. The standard InChI is InChI=1S/C19H26ClFN4O4Si/c1-2-3-4-8-27-19-24-23-18(29-19)16-7-9-30(12-22-16)25-17(26)11-28-13-5-6-14(20)15(21)10-13/h5-6,10,16,22,30H,2-4,7-9,11-12H2,1H3,(H,25,26)/t16-,30+/m1/s1. The summed E-state index contributed by atoms with van der Waals surface area (Å²) in [4.78, 5) is 15.2. The lowest BCUT2D eigenvalue weighted by molar-refractivity contribution is -0.121. The molecule has 1 aliphatic heterocycles. The van der Waals surface area contributed by atoms with Gasteiger partial charge in [0.25, 0.3) is 0 Å². The van der Waals surface area contributed by atoms with Gasteiger partial charge in [0.2, 0.25) is 11.8 Å². The van der Waals surface area contributed by atoms with Crippen molar-refractivity contribution >= 4 is 26.5 Å². The quantitative estimate of drug-likeness (QED) is 0.419. The third-order valence-corrected chi connectivity index (χ3v) is 7.53. The Kier molecular flexibility index (Phi) is 8.47. The number of benzene rings is 1. The molecule has 164 valence electrons. The Morgan fingerprint density at radius 3 is 3.00 bits per heavy atom. The summed E-state index contributed by atoms with van der Waals surface area (Å²) in [6.07, 6.45) is 4.87. The van der Waals surface area contributed by atoms with E-state index in [1.807, 2.05) is 0 Å². The number of unbranched alkanes of at least 4 members (excludes halogenated alkanes) is 2. The lowest BCUT2D eigenvalue weighted by Crippen LogP contribution is -2.51. The molecule has 0 unspecified atom stereocenters. The van der Waals surface area contributed by atoms with Gasteiger partial charge in [-0.3, -0.25) is 4.79 Å². The summed E-state index contributed by atoms with van der Waals surface area (Å²) in [7, 11) is -1.52. The summed E-state index contributed by atoms with van der Waals surface area (Å²) in [6, 6.07) is 4.91. The van der Waals surface area contributed by atoms with E-state index in [-0.39, 0.29) is 35.4 Å². The van der Waals surface area contributed by atoms with Gasteiger partial charge in [-0.15, -0.1) is 5.10 Å². The summed E-state index contributed by atoms with van der Waals surface area (Å²) in [5.41, 5.74) is 0. The molecule has 1 aromatic heterocycles. The second-order valence-corrected chi connectivity index (χ2v) is 10.2. The molecule has 0 spiro atoms. The number of carbonyl (C=O) groups is 1. The number of nitrogens with one attached hydrogen (secondary N) is 2. The maximum Gasteiger partial charge on any atom is 0.414 e. The molecule has 1 saturated heterocycles. The van der Waals surface area contributed by atoms with Gasteiger partial charge in [-0.25, -0.2) is 4.39 Å². The molecule has 2 heterocycles. The fraction of sp³-hybridized carbons (Fsp3) is 0.526. The second-order valence-electron chi connectivity index (χ2n) is 7.13. The van der Waals surface area contributed by atoms with Gasteiger partial charge in [0, 0.05) is 12.2 Å². The molecule has 3 rings (SSSR count). The first-order chi connectivity index (χ1) is 14.5. The Labute approximate surface area is 181 Å². The monoisotopic (exact) mass is 456 g/mol. The van der Waals surface area contributed by atoms with Crippen LogP contribution in [0.2, 0.25) is 11.1 Å². The molecule has 8 nitrogen and oxygen atoms in total. The average molecular weight is 457 g/mol. The Balaban J connectivity index is 1.37. The van der Waals surface area contributed by atoms with Crippen molar-refractivity contribution in [2.24, 2.45) is 0 Å². The van der Waals surface area contributed by atoms with E-state index >= 15 is 0 Å². The van der Waals surface area contributed by atoms with Crippen LogP contribution in [0.15, 0.2) is 22.6 Å². The number of amides is 1. The van der Waals surface area contributed by atoms with Gasteiger partial charge in [-0.2, -0.15) is 0 Å². The van der Waals surface area contributed by atoms with Crippen molar-refractivity contribution in [3.8, 4) is 11.8 Å². The van der Waals surface area contributed by atoms with Crippen molar-refractivity contribution in [3.05, 3.63) is 34.9 Å². The molecule has 0 bridgehead atoms. The molecule has 2 aromatic rings. The highest BCUT2D eigenvalue weighted by Crippen LogP contribution is 2.24. The van der Waals surface area contributed by atoms with Crippen molar-refractivity contribution < 1.29 is 23.1 Å². The third kappa shape index (κ3) is 6.68. The third-order valence-electron chi connectivity index (χ3n) is 4.73. The van der Waals surface area contributed by atoms with E-state index in [1.165, 1.54) is 12.1 Å². The number of carbonyl (C=O) groups excluding carboxylic acids is 1. The molecule has 2 atom stereocenters. The Morgan fingerprint density at radius 2 is 2.27 bits per heavy atom. The molecular weight excluding hydrogens is 431 g/mol. The van der Waals surface area contributed by atoms with Crippen molar-refractivity contribution in [2.45, 2.75) is 44.7 Å². The Bertz CT molecular complexity index is 833. The number of halogens is 2. The second kappa shape index (κ2) is 11.3. The molecule has 30 heavy (non-hydrogen) atoms. The Hall–Kier alpha value is -2.17. The van der Waals surface area contributed by atoms with E-state index in [1.54, 1.807) is 0 Å². The number of nitrogens with zero attached hydrogens (tertiary/aromatic N) is 2. The number of aromatic nitrogens is 2. The topological polar surface area (TPSA) is 98.5 Å². The summed E-state index contributed by atoms with van der Waals surface area (Å²) in [6.45, 7) is 2.53. The molecule has 1 aromatic carbocycles. The fourth-order valence-electron chi connectivity index (χ4n) is 3.11. The van der Waals surface area contributed by atoms with E-state index in [0.29, 0.717) is 18.7 Å². The van der Waals surface area contributed by atoms with E-state index in [2.05, 4.69) is 27.4 Å². The number of hydrogen-bond acceptors (Lipinski definition) is 7. The van der Waals surface area contributed by atoms with Crippen LogP contribution in [0.3, 0.4) is 0 Å². The lowest BCUT2D eigenvalue weighted by Gasteiger charge is -2.27. The molecule has 11 heteroatoms. The molecule has 1 aliphatic rings. The lowest BCUT2D eigenvalue weighted by atomic mass is 10.2.